The highest BCUT2D eigenvalue weighted by molar-refractivity contribution is 5.21. The van der Waals surface area contributed by atoms with Gasteiger partial charge in [-0.15, -0.1) is 0 Å². The van der Waals surface area contributed by atoms with Crippen molar-refractivity contribution in [1.29, 1.82) is 0 Å². The van der Waals surface area contributed by atoms with Crippen molar-refractivity contribution in [3.8, 4) is 0 Å². The minimum absolute atomic E-state index is 0.416. The molecular weight excluding hydrogens is 244 g/mol. The number of benzene rings is 1. The molecule has 20 heavy (non-hydrogen) atoms. The smallest absolute Gasteiger partial charge is 0.0308 e. The molecule has 0 atom stereocenters. The highest BCUT2D eigenvalue weighted by Gasteiger charge is 2.34. The average molecular weight is 272 g/mol. The van der Waals surface area contributed by atoms with E-state index >= 15 is 0 Å². The first-order chi connectivity index (χ1) is 9.76. The lowest BCUT2D eigenvalue weighted by Gasteiger charge is -2.40. The van der Waals surface area contributed by atoms with Gasteiger partial charge in [-0.3, -0.25) is 4.90 Å². The van der Waals surface area contributed by atoms with Crippen molar-refractivity contribution >= 4 is 0 Å². The maximum Gasteiger partial charge on any atom is 0.0308 e. The Morgan fingerprint density at radius 2 is 1.80 bits per heavy atom. The Bertz CT molecular complexity index is 418. The van der Waals surface area contributed by atoms with Gasteiger partial charge in [0.15, 0.2) is 0 Å². The molecule has 1 spiro atoms. The van der Waals surface area contributed by atoms with E-state index in [1.165, 1.54) is 69.3 Å². The van der Waals surface area contributed by atoms with Crippen LogP contribution in [0.5, 0.6) is 0 Å². The van der Waals surface area contributed by atoms with Gasteiger partial charge in [-0.2, -0.15) is 0 Å². The molecule has 2 aliphatic rings. The van der Waals surface area contributed by atoms with Crippen LogP contribution in [0.3, 0.4) is 0 Å². The second kappa shape index (κ2) is 6.28. The summed E-state index contributed by atoms with van der Waals surface area (Å²) in [5, 5.41) is 3.88. The number of nitrogens with zero attached hydrogens (tertiary/aromatic N) is 1. The minimum atomic E-state index is 0.416. The van der Waals surface area contributed by atoms with Gasteiger partial charge in [0.2, 0.25) is 0 Å². The fourth-order valence-corrected chi connectivity index (χ4v) is 3.87. The Hall–Kier alpha value is -0.860. The van der Waals surface area contributed by atoms with Crippen LogP contribution in [0.4, 0.5) is 0 Å². The van der Waals surface area contributed by atoms with E-state index in [2.05, 4.69) is 41.4 Å². The second-order valence-corrected chi connectivity index (χ2v) is 6.82. The van der Waals surface area contributed by atoms with Gasteiger partial charge in [0, 0.05) is 18.6 Å². The molecule has 0 radical (unpaired) electrons. The summed E-state index contributed by atoms with van der Waals surface area (Å²) >= 11 is 0. The summed E-state index contributed by atoms with van der Waals surface area (Å²) < 4.78 is 0. The van der Waals surface area contributed by atoms with E-state index in [9.17, 15) is 0 Å². The van der Waals surface area contributed by atoms with E-state index in [-0.39, 0.29) is 0 Å². The Labute approximate surface area is 123 Å². The van der Waals surface area contributed by atoms with Gasteiger partial charge in [-0.1, -0.05) is 49.1 Å². The predicted molar refractivity (Wildman–Crippen MR) is 84.9 cm³/mol. The monoisotopic (exact) mass is 272 g/mol. The maximum absolute atomic E-state index is 3.88. The molecule has 1 saturated carbocycles. The molecule has 1 aromatic rings. The largest absolute Gasteiger partial charge is 0.310 e. The molecule has 2 heteroatoms. The Kier molecular flexibility index (Phi) is 4.42. The summed E-state index contributed by atoms with van der Waals surface area (Å²) in [5.41, 5.74) is 3.23. The van der Waals surface area contributed by atoms with E-state index in [1.807, 2.05) is 0 Å². The van der Waals surface area contributed by atoms with Crippen molar-refractivity contribution in [2.75, 3.05) is 19.6 Å². The molecule has 3 rings (SSSR count). The summed E-state index contributed by atoms with van der Waals surface area (Å²) in [6, 6.07) is 9.06. The van der Waals surface area contributed by atoms with Crippen LogP contribution >= 0.6 is 0 Å². The fourth-order valence-electron chi connectivity index (χ4n) is 3.87. The normalized spacial score (nSPS) is 23.6. The number of rotatable bonds is 2. The topological polar surface area (TPSA) is 15.3 Å². The molecule has 0 bridgehead atoms. The molecule has 1 saturated heterocycles. The van der Waals surface area contributed by atoms with Crippen molar-refractivity contribution in [3.05, 3.63) is 35.4 Å². The van der Waals surface area contributed by atoms with Gasteiger partial charge < -0.3 is 5.32 Å². The molecule has 1 aliphatic carbocycles. The molecule has 1 N–H and O–H groups in total. The van der Waals surface area contributed by atoms with Crippen molar-refractivity contribution in [2.24, 2.45) is 0 Å². The van der Waals surface area contributed by atoms with Crippen molar-refractivity contribution in [3.63, 3.8) is 0 Å². The van der Waals surface area contributed by atoms with Gasteiger partial charge in [-0.05, 0) is 44.8 Å². The van der Waals surface area contributed by atoms with E-state index in [0.29, 0.717) is 5.54 Å². The fraction of sp³-hybridized carbons (Fsp3) is 0.667. The van der Waals surface area contributed by atoms with Crippen molar-refractivity contribution in [1.82, 2.24) is 10.2 Å². The lowest BCUT2D eigenvalue weighted by Crippen LogP contribution is -2.52. The van der Waals surface area contributed by atoms with Crippen LogP contribution in [0.2, 0.25) is 0 Å². The van der Waals surface area contributed by atoms with E-state index < -0.39 is 0 Å². The summed E-state index contributed by atoms with van der Waals surface area (Å²) in [5.74, 6) is 0. The van der Waals surface area contributed by atoms with Crippen LogP contribution < -0.4 is 5.32 Å². The van der Waals surface area contributed by atoms with E-state index in [1.54, 1.807) is 0 Å². The van der Waals surface area contributed by atoms with Crippen LogP contribution in [-0.2, 0) is 6.54 Å². The third kappa shape index (κ3) is 3.42. The molecular formula is C18H28N2. The highest BCUT2D eigenvalue weighted by Crippen LogP contribution is 2.30. The Morgan fingerprint density at radius 1 is 1.05 bits per heavy atom. The van der Waals surface area contributed by atoms with Gasteiger partial charge in [0.25, 0.3) is 0 Å². The van der Waals surface area contributed by atoms with Gasteiger partial charge in [-0.25, -0.2) is 0 Å². The molecule has 0 amide bonds. The van der Waals surface area contributed by atoms with Crippen molar-refractivity contribution < 1.29 is 0 Å². The molecule has 1 aliphatic heterocycles. The molecule has 110 valence electrons. The lowest BCUT2D eigenvalue weighted by molar-refractivity contribution is 0.159. The van der Waals surface area contributed by atoms with Gasteiger partial charge in [0.05, 0.1) is 0 Å². The molecule has 1 heterocycles. The minimum Gasteiger partial charge on any atom is -0.310 e. The predicted octanol–water partition coefficient (Wildman–Crippen LogP) is 3.49. The first-order valence-corrected chi connectivity index (χ1v) is 8.29. The zero-order chi connectivity index (χ0) is 13.8. The van der Waals surface area contributed by atoms with Gasteiger partial charge in [0.1, 0.15) is 0 Å². The lowest BCUT2D eigenvalue weighted by atomic mass is 9.81. The summed E-state index contributed by atoms with van der Waals surface area (Å²) in [7, 11) is 0. The molecule has 2 nitrogen and oxygen atoms in total. The SMILES string of the molecule is Cc1ccc(CN2CCCNC3(CCCCC3)C2)cc1. The summed E-state index contributed by atoms with van der Waals surface area (Å²) in [6.45, 7) is 6.95. The standard InChI is InChI=1S/C18H28N2/c1-16-6-8-17(9-7-16)14-20-13-5-12-19-18(15-20)10-3-2-4-11-18/h6-9,19H,2-5,10-15H2,1H3. The van der Waals surface area contributed by atoms with Crippen LogP contribution in [0.25, 0.3) is 0 Å². The van der Waals surface area contributed by atoms with E-state index in [4.69, 9.17) is 0 Å². The third-order valence-corrected chi connectivity index (χ3v) is 5.01. The van der Waals surface area contributed by atoms with Crippen LogP contribution in [0.1, 0.15) is 49.7 Å². The molecule has 0 unspecified atom stereocenters. The third-order valence-electron chi connectivity index (χ3n) is 5.01. The Balaban J connectivity index is 1.67. The zero-order valence-corrected chi connectivity index (χ0v) is 12.8. The molecule has 2 fully saturated rings. The van der Waals surface area contributed by atoms with E-state index in [0.717, 1.165) is 6.54 Å². The number of hydrogen-bond donors (Lipinski definition) is 1. The average Bonchev–Trinajstić information content (AvgIpc) is 2.65. The van der Waals surface area contributed by atoms with Gasteiger partial charge >= 0.3 is 0 Å². The Morgan fingerprint density at radius 3 is 2.55 bits per heavy atom. The molecule has 0 aromatic heterocycles. The second-order valence-electron chi connectivity index (χ2n) is 6.82. The summed E-state index contributed by atoms with van der Waals surface area (Å²) in [4.78, 5) is 2.68. The van der Waals surface area contributed by atoms with Crippen molar-refractivity contribution in [2.45, 2.75) is 57.5 Å². The number of nitrogens with one attached hydrogen (secondary N) is 1. The number of hydrogen-bond acceptors (Lipinski definition) is 2. The van der Waals surface area contributed by atoms with Crippen LogP contribution in [0, 0.1) is 6.92 Å². The van der Waals surface area contributed by atoms with Crippen LogP contribution in [-0.4, -0.2) is 30.1 Å². The quantitative estimate of drug-likeness (QED) is 0.886. The summed E-state index contributed by atoms with van der Waals surface area (Å²) in [6.07, 6.45) is 8.28. The molecule has 1 aromatic carbocycles. The first kappa shape index (κ1) is 14.1. The first-order valence-electron chi connectivity index (χ1n) is 8.29. The van der Waals surface area contributed by atoms with Crippen LogP contribution in [0.15, 0.2) is 24.3 Å². The highest BCUT2D eigenvalue weighted by atomic mass is 15.2. The maximum atomic E-state index is 3.88. The number of aryl methyl sites for hydroxylation is 1. The zero-order valence-electron chi connectivity index (χ0n) is 12.8.